The summed E-state index contributed by atoms with van der Waals surface area (Å²) in [6, 6.07) is 9.51. The molecule has 0 heterocycles. The van der Waals surface area contributed by atoms with Crippen molar-refractivity contribution in [1.29, 1.82) is 0 Å². The number of hydrogen-bond donors (Lipinski definition) is 1. The molecule has 0 saturated heterocycles. The molecule has 19 heavy (non-hydrogen) atoms. The summed E-state index contributed by atoms with van der Waals surface area (Å²) in [7, 11) is 2.13. The fourth-order valence-electron chi connectivity index (χ4n) is 3.19. The third-order valence-electron chi connectivity index (χ3n) is 4.34. The van der Waals surface area contributed by atoms with Gasteiger partial charge in [-0.15, -0.1) is 11.8 Å². The quantitative estimate of drug-likeness (QED) is 0.795. The first kappa shape index (κ1) is 14.9. The Labute approximate surface area is 122 Å². The van der Waals surface area contributed by atoms with Crippen LogP contribution in [0.4, 0.5) is 0 Å². The Morgan fingerprint density at radius 1 is 1.37 bits per heavy atom. The van der Waals surface area contributed by atoms with E-state index in [-0.39, 0.29) is 0 Å². The Kier molecular flexibility index (Phi) is 5.77. The summed E-state index contributed by atoms with van der Waals surface area (Å²) in [4.78, 5) is 1.41. The minimum absolute atomic E-state index is 0.660. The fraction of sp³-hybridized carbons (Fsp3) is 0.647. The van der Waals surface area contributed by atoms with Gasteiger partial charge in [0.05, 0.1) is 0 Å². The monoisotopic (exact) mass is 277 g/mol. The third-order valence-corrected chi connectivity index (χ3v) is 5.45. The molecule has 3 unspecified atom stereocenters. The second-order valence-corrected chi connectivity index (χ2v) is 7.15. The van der Waals surface area contributed by atoms with Gasteiger partial charge < -0.3 is 5.32 Å². The third kappa shape index (κ3) is 4.54. The first-order valence-corrected chi connectivity index (χ1v) is 8.54. The number of thioether (sulfide) groups is 1. The molecule has 0 spiro atoms. The van der Waals surface area contributed by atoms with E-state index < -0.39 is 0 Å². The molecule has 1 N–H and O–H groups in total. The van der Waals surface area contributed by atoms with Crippen LogP contribution in [0.5, 0.6) is 0 Å². The Balaban J connectivity index is 1.88. The molecule has 0 radical (unpaired) electrons. The summed E-state index contributed by atoms with van der Waals surface area (Å²) in [6.07, 6.45) is 5.65. The van der Waals surface area contributed by atoms with Crippen molar-refractivity contribution in [3.05, 3.63) is 29.8 Å². The normalized spacial score (nSPS) is 25.2. The van der Waals surface area contributed by atoms with Crippen LogP contribution >= 0.6 is 11.8 Å². The number of benzene rings is 1. The molecule has 3 atom stereocenters. The van der Waals surface area contributed by atoms with Crippen molar-refractivity contribution in [2.45, 2.75) is 50.5 Å². The summed E-state index contributed by atoms with van der Waals surface area (Å²) >= 11 is 2.00. The van der Waals surface area contributed by atoms with Gasteiger partial charge in [0.1, 0.15) is 0 Å². The van der Waals surface area contributed by atoms with E-state index in [4.69, 9.17) is 0 Å². The average molecular weight is 277 g/mol. The molecule has 1 saturated carbocycles. The molecule has 1 fully saturated rings. The van der Waals surface area contributed by atoms with E-state index in [9.17, 15) is 0 Å². The predicted octanol–water partition coefficient (Wildman–Crippen LogP) is 4.50. The highest BCUT2D eigenvalue weighted by molar-refractivity contribution is 7.99. The first-order valence-electron chi connectivity index (χ1n) is 7.55. The van der Waals surface area contributed by atoms with Crippen LogP contribution in [0, 0.1) is 18.8 Å². The van der Waals surface area contributed by atoms with Gasteiger partial charge >= 0.3 is 0 Å². The number of rotatable bonds is 5. The van der Waals surface area contributed by atoms with Crippen LogP contribution in [0.3, 0.4) is 0 Å². The number of nitrogens with one attached hydrogen (secondary N) is 1. The summed E-state index contributed by atoms with van der Waals surface area (Å²) < 4.78 is 0. The van der Waals surface area contributed by atoms with E-state index in [0.29, 0.717) is 6.04 Å². The van der Waals surface area contributed by atoms with Gasteiger partial charge in [-0.25, -0.2) is 0 Å². The molecular formula is C17H27NS. The lowest BCUT2D eigenvalue weighted by Gasteiger charge is -2.33. The van der Waals surface area contributed by atoms with Crippen molar-refractivity contribution < 1.29 is 0 Å². The van der Waals surface area contributed by atoms with Crippen molar-refractivity contribution in [3.63, 3.8) is 0 Å². The molecule has 1 nitrogen and oxygen atoms in total. The summed E-state index contributed by atoms with van der Waals surface area (Å²) in [5.41, 5.74) is 1.36. The summed E-state index contributed by atoms with van der Waals surface area (Å²) in [6.45, 7) is 4.58. The van der Waals surface area contributed by atoms with Gasteiger partial charge in [0.25, 0.3) is 0 Å². The van der Waals surface area contributed by atoms with Gasteiger partial charge in [-0.1, -0.05) is 37.5 Å². The van der Waals surface area contributed by atoms with E-state index in [1.807, 2.05) is 11.8 Å². The Morgan fingerprint density at radius 3 is 2.89 bits per heavy atom. The van der Waals surface area contributed by atoms with Gasteiger partial charge in [-0.2, -0.15) is 0 Å². The Hall–Kier alpha value is -0.470. The fourth-order valence-corrected chi connectivity index (χ4v) is 4.45. The molecule has 2 rings (SSSR count). The zero-order valence-electron chi connectivity index (χ0n) is 12.5. The van der Waals surface area contributed by atoms with E-state index in [0.717, 1.165) is 11.8 Å². The van der Waals surface area contributed by atoms with Gasteiger partial charge in [0, 0.05) is 16.7 Å². The van der Waals surface area contributed by atoms with E-state index in [1.165, 1.54) is 41.9 Å². The highest BCUT2D eigenvalue weighted by Crippen LogP contribution is 2.32. The van der Waals surface area contributed by atoms with Crippen molar-refractivity contribution in [2.75, 3.05) is 12.8 Å². The van der Waals surface area contributed by atoms with Crippen molar-refractivity contribution in [3.8, 4) is 0 Å². The van der Waals surface area contributed by atoms with Crippen LogP contribution in [0.15, 0.2) is 29.2 Å². The molecule has 1 aliphatic rings. The Bertz CT molecular complexity index is 391. The van der Waals surface area contributed by atoms with E-state index >= 15 is 0 Å². The van der Waals surface area contributed by atoms with Crippen LogP contribution in [0.25, 0.3) is 0 Å². The molecule has 0 bridgehead atoms. The minimum Gasteiger partial charge on any atom is -0.316 e. The molecule has 0 aromatic heterocycles. The smallest absolute Gasteiger partial charge is 0.0187 e. The lowest BCUT2D eigenvalue weighted by atomic mass is 9.79. The lowest BCUT2D eigenvalue weighted by Crippen LogP contribution is -2.38. The van der Waals surface area contributed by atoms with Gasteiger partial charge in [0.15, 0.2) is 0 Å². The number of aryl methyl sites for hydroxylation is 1. The molecule has 0 aliphatic heterocycles. The Morgan fingerprint density at radius 2 is 2.21 bits per heavy atom. The second kappa shape index (κ2) is 7.35. The second-order valence-electron chi connectivity index (χ2n) is 6.05. The highest BCUT2D eigenvalue weighted by Gasteiger charge is 2.25. The zero-order valence-corrected chi connectivity index (χ0v) is 13.3. The SMILES string of the molecule is CNC(CSc1cccc(C)c1)C1CCCC(C)C1. The predicted molar refractivity (Wildman–Crippen MR) is 85.9 cm³/mol. The largest absolute Gasteiger partial charge is 0.316 e. The lowest BCUT2D eigenvalue weighted by molar-refractivity contribution is 0.240. The maximum atomic E-state index is 3.56. The average Bonchev–Trinajstić information content (AvgIpc) is 2.40. The zero-order chi connectivity index (χ0) is 13.7. The first-order chi connectivity index (χ1) is 9.19. The molecule has 0 amide bonds. The molecule has 1 aliphatic carbocycles. The summed E-state index contributed by atoms with van der Waals surface area (Å²) in [5.74, 6) is 2.97. The van der Waals surface area contributed by atoms with Crippen molar-refractivity contribution in [2.24, 2.45) is 11.8 Å². The maximum absolute atomic E-state index is 3.56. The van der Waals surface area contributed by atoms with Crippen LogP contribution in [-0.2, 0) is 0 Å². The van der Waals surface area contributed by atoms with Gasteiger partial charge in [0.2, 0.25) is 0 Å². The molecule has 106 valence electrons. The highest BCUT2D eigenvalue weighted by atomic mass is 32.2. The molecule has 1 aromatic rings. The van der Waals surface area contributed by atoms with Crippen molar-refractivity contribution >= 4 is 11.8 Å². The maximum Gasteiger partial charge on any atom is 0.0187 e. The topological polar surface area (TPSA) is 12.0 Å². The van der Waals surface area contributed by atoms with E-state index in [1.54, 1.807) is 0 Å². The minimum atomic E-state index is 0.660. The molecular weight excluding hydrogens is 250 g/mol. The standard InChI is InChI=1S/C17H27NS/c1-13-6-4-8-15(10-13)17(18-3)12-19-16-9-5-7-14(2)11-16/h5,7,9,11,13,15,17-18H,4,6,8,10,12H2,1-3H3. The van der Waals surface area contributed by atoms with Gasteiger partial charge in [-0.3, -0.25) is 0 Å². The van der Waals surface area contributed by atoms with Crippen LogP contribution in [-0.4, -0.2) is 18.8 Å². The number of hydrogen-bond acceptors (Lipinski definition) is 2. The summed E-state index contributed by atoms with van der Waals surface area (Å²) in [5, 5.41) is 3.56. The van der Waals surface area contributed by atoms with E-state index in [2.05, 4.69) is 50.5 Å². The van der Waals surface area contributed by atoms with Crippen LogP contribution in [0.1, 0.15) is 38.2 Å². The van der Waals surface area contributed by atoms with Gasteiger partial charge in [-0.05, 0) is 50.8 Å². The van der Waals surface area contributed by atoms with Crippen LogP contribution < -0.4 is 5.32 Å². The molecule has 2 heteroatoms. The van der Waals surface area contributed by atoms with Crippen molar-refractivity contribution in [1.82, 2.24) is 5.32 Å². The molecule has 1 aromatic carbocycles. The van der Waals surface area contributed by atoms with Crippen LogP contribution in [0.2, 0.25) is 0 Å².